The molecule has 6 heteroatoms. The highest BCUT2D eigenvalue weighted by molar-refractivity contribution is 9.11. The van der Waals surface area contributed by atoms with Crippen molar-refractivity contribution in [2.24, 2.45) is 0 Å². The Bertz CT molecular complexity index is 686. The number of anilines is 2. The summed E-state index contributed by atoms with van der Waals surface area (Å²) in [5, 5.41) is 3.52. The summed E-state index contributed by atoms with van der Waals surface area (Å²) in [7, 11) is 0. The Balaban J connectivity index is 2.40. The summed E-state index contributed by atoms with van der Waals surface area (Å²) in [6.45, 7) is 3.80. The number of halogens is 3. The van der Waals surface area contributed by atoms with Gasteiger partial charge in [-0.05, 0) is 81.1 Å². The van der Waals surface area contributed by atoms with Crippen LogP contribution in [0.15, 0.2) is 33.2 Å². The van der Waals surface area contributed by atoms with Crippen molar-refractivity contribution in [2.75, 3.05) is 11.1 Å². The molecule has 0 aliphatic rings. The molecule has 0 radical (unpaired) electrons. The quantitative estimate of drug-likeness (QED) is 0.632. The van der Waals surface area contributed by atoms with E-state index >= 15 is 0 Å². The van der Waals surface area contributed by atoms with Gasteiger partial charge in [-0.3, -0.25) is 4.79 Å². The molecule has 2 aromatic carbocycles. The van der Waals surface area contributed by atoms with E-state index in [0.29, 0.717) is 16.3 Å². The molecule has 0 saturated heterocycles. The summed E-state index contributed by atoms with van der Waals surface area (Å²) >= 11 is 12.7. The van der Waals surface area contributed by atoms with Crippen LogP contribution in [0, 0.1) is 13.8 Å². The fourth-order valence-electron chi connectivity index (χ4n) is 1.98. The Kier molecular flexibility index (Phi) is 4.96. The van der Waals surface area contributed by atoms with E-state index in [2.05, 4.69) is 37.2 Å². The van der Waals surface area contributed by atoms with Gasteiger partial charge in [0.2, 0.25) is 0 Å². The number of hydrogen-bond acceptors (Lipinski definition) is 2. The number of carbonyl (C=O) groups excluding carboxylic acids is 1. The average molecular weight is 433 g/mol. The van der Waals surface area contributed by atoms with Crippen LogP contribution in [-0.4, -0.2) is 5.91 Å². The van der Waals surface area contributed by atoms with Crippen LogP contribution in [0.1, 0.15) is 21.5 Å². The van der Waals surface area contributed by atoms with Gasteiger partial charge in [-0.15, -0.1) is 0 Å². The Labute approximate surface area is 145 Å². The smallest absolute Gasteiger partial charge is 0.255 e. The number of nitrogen functional groups attached to an aromatic ring is 1. The molecule has 21 heavy (non-hydrogen) atoms. The molecular formula is C15H13Br2ClN2O. The molecule has 110 valence electrons. The molecule has 0 aromatic heterocycles. The zero-order valence-corrected chi connectivity index (χ0v) is 15.4. The van der Waals surface area contributed by atoms with Crippen LogP contribution >= 0.6 is 43.5 Å². The maximum atomic E-state index is 12.3. The number of nitrogens with one attached hydrogen (secondary N) is 1. The van der Waals surface area contributed by atoms with E-state index in [1.165, 1.54) is 0 Å². The van der Waals surface area contributed by atoms with Gasteiger partial charge in [-0.25, -0.2) is 0 Å². The summed E-state index contributed by atoms with van der Waals surface area (Å²) in [5.74, 6) is -0.193. The lowest BCUT2D eigenvalue weighted by Gasteiger charge is -2.17. The van der Waals surface area contributed by atoms with Gasteiger partial charge in [-0.2, -0.15) is 0 Å². The van der Waals surface area contributed by atoms with Gasteiger partial charge in [0.1, 0.15) is 0 Å². The highest BCUT2D eigenvalue weighted by atomic mass is 79.9. The molecule has 0 unspecified atom stereocenters. The van der Waals surface area contributed by atoms with E-state index in [4.69, 9.17) is 17.3 Å². The maximum absolute atomic E-state index is 12.3. The Morgan fingerprint density at radius 2 is 1.57 bits per heavy atom. The third-order valence-electron chi connectivity index (χ3n) is 3.23. The Hall–Kier alpha value is -1.04. The number of amides is 1. The zero-order valence-electron chi connectivity index (χ0n) is 11.4. The second-order valence-corrected chi connectivity index (χ2v) is 6.65. The first kappa shape index (κ1) is 16.3. The molecule has 0 bridgehead atoms. The second kappa shape index (κ2) is 6.38. The highest BCUT2D eigenvalue weighted by Gasteiger charge is 2.17. The van der Waals surface area contributed by atoms with Crippen LogP contribution < -0.4 is 11.1 Å². The SMILES string of the molecule is Cc1c(Br)c(N)c(Br)c(C)c1NC(=O)c1ccc(Cl)cc1. The highest BCUT2D eigenvalue weighted by Crippen LogP contribution is 2.40. The molecule has 0 aliphatic heterocycles. The molecule has 0 atom stereocenters. The lowest BCUT2D eigenvalue weighted by Crippen LogP contribution is -2.14. The molecule has 0 spiro atoms. The standard InChI is InChI=1S/C15H13Br2ClN2O/c1-7-11(16)13(19)12(17)8(2)14(7)20-15(21)9-3-5-10(18)6-4-9/h3-6H,19H2,1-2H3,(H,20,21). The van der Waals surface area contributed by atoms with Crippen molar-refractivity contribution in [1.82, 2.24) is 0 Å². The third kappa shape index (κ3) is 3.25. The minimum atomic E-state index is -0.193. The molecule has 0 aliphatic carbocycles. The third-order valence-corrected chi connectivity index (χ3v) is 5.52. The second-order valence-electron chi connectivity index (χ2n) is 4.63. The van der Waals surface area contributed by atoms with Crippen LogP contribution in [0.2, 0.25) is 5.02 Å². The number of nitrogens with two attached hydrogens (primary N) is 1. The van der Waals surface area contributed by atoms with E-state index in [9.17, 15) is 4.79 Å². The first-order valence-electron chi connectivity index (χ1n) is 6.13. The molecule has 1 amide bonds. The summed E-state index contributed by atoms with van der Waals surface area (Å²) in [6.07, 6.45) is 0. The van der Waals surface area contributed by atoms with Crippen molar-refractivity contribution in [2.45, 2.75) is 13.8 Å². The van der Waals surface area contributed by atoms with Crippen molar-refractivity contribution >= 4 is 60.7 Å². The van der Waals surface area contributed by atoms with Crippen LogP contribution in [0.3, 0.4) is 0 Å². The Morgan fingerprint density at radius 3 is 2.05 bits per heavy atom. The van der Waals surface area contributed by atoms with Crippen molar-refractivity contribution in [3.63, 3.8) is 0 Å². The van der Waals surface area contributed by atoms with E-state index in [1.54, 1.807) is 24.3 Å². The lowest BCUT2D eigenvalue weighted by molar-refractivity contribution is 0.102. The summed E-state index contributed by atoms with van der Waals surface area (Å²) in [5.41, 5.74) is 9.66. The van der Waals surface area contributed by atoms with Gasteiger partial charge in [0.25, 0.3) is 5.91 Å². The monoisotopic (exact) mass is 430 g/mol. The predicted molar refractivity (Wildman–Crippen MR) is 95.1 cm³/mol. The molecular weight excluding hydrogens is 419 g/mol. The molecule has 0 fully saturated rings. The van der Waals surface area contributed by atoms with Crippen molar-refractivity contribution in [3.8, 4) is 0 Å². The maximum Gasteiger partial charge on any atom is 0.255 e. The van der Waals surface area contributed by atoms with Gasteiger partial charge < -0.3 is 11.1 Å². The van der Waals surface area contributed by atoms with Gasteiger partial charge in [0.05, 0.1) is 5.69 Å². The minimum Gasteiger partial charge on any atom is -0.397 e. The van der Waals surface area contributed by atoms with Gasteiger partial charge in [0.15, 0.2) is 0 Å². The molecule has 0 heterocycles. The summed E-state index contributed by atoms with van der Waals surface area (Å²) in [6, 6.07) is 6.74. The van der Waals surface area contributed by atoms with Crippen molar-refractivity contribution in [3.05, 3.63) is 54.9 Å². The first-order valence-corrected chi connectivity index (χ1v) is 8.10. The number of rotatable bonds is 2. The van der Waals surface area contributed by atoms with Crippen LogP contribution in [0.5, 0.6) is 0 Å². The number of benzene rings is 2. The number of carbonyl (C=O) groups is 1. The molecule has 2 aromatic rings. The normalized spacial score (nSPS) is 10.5. The molecule has 3 nitrogen and oxygen atoms in total. The average Bonchev–Trinajstić information content (AvgIpc) is 2.48. The Morgan fingerprint density at radius 1 is 1.10 bits per heavy atom. The van der Waals surface area contributed by atoms with E-state index in [1.807, 2.05) is 13.8 Å². The number of hydrogen-bond donors (Lipinski definition) is 2. The molecule has 0 saturated carbocycles. The van der Waals surface area contributed by atoms with Crippen LogP contribution in [0.4, 0.5) is 11.4 Å². The largest absolute Gasteiger partial charge is 0.397 e. The van der Waals surface area contributed by atoms with E-state index < -0.39 is 0 Å². The fourth-order valence-corrected chi connectivity index (χ4v) is 3.16. The lowest BCUT2D eigenvalue weighted by atomic mass is 10.1. The van der Waals surface area contributed by atoms with Gasteiger partial charge in [0, 0.05) is 25.2 Å². The predicted octanol–water partition coefficient (Wildman–Crippen LogP) is 5.32. The van der Waals surface area contributed by atoms with E-state index in [0.717, 1.165) is 25.8 Å². The first-order chi connectivity index (χ1) is 9.82. The van der Waals surface area contributed by atoms with Crippen molar-refractivity contribution < 1.29 is 4.79 Å². The van der Waals surface area contributed by atoms with Crippen LogP contribution in [-0.2, 0) is 0 Å². The fraction of sp³-hybridized carbons (Fsp3) is 0.133. The summed E-state index contributed by atoms with van der Waals surface area (Å²) in [4.78, 5) is 12.3. The topological polar surface area (TPSA) is 55.1 Å². The molecule has 2 rings (SSSR count). The van der Waals surface area contributed by atoms with E-state index in [-0.39, 0.29) is 5.91 Å². The van der Waals surface area contributed by atoms with Gasteiger partial charge in [-0.1, -0.05) is 11.6 Å². The summed E-state index contributed by atoms with van der Waals surface area (Å²) < 4.78 is 1.54. The van der Waals surface area contributed by atoms with Gasteiger partial charge >= 0.3 is 0 Å². The minimum absolute atomic E-state index is 0.193. The zero-order chi connectivity index (χ0) is 15.7. The van der Waals surface area contributed by atoms with Crippen LogP contribution in [0.25, 0.3) is 0 Å². The molecule has 3 N–H and O–H groups in total. The van der Waals surface area contributed by atoms with Crippen molar-refractivity contribution in [1.29, 1.82) is 0 Å².